The summed E-state index contributed by atoms with van der Waals surface area (Å²) in [5.74, 6) is 0.000476. The van der Waals surface area contributed by atoms with Crippen LogP contribution < -0.4 is 10.2 Å². The van der Waals surface area contributed by atoms with Gasteiger partial charge in [0, 0.05) is 36.8 Å². The Kier molecular flexibility index (Phi) is 5.78. The van der Waals surface area contributed by atoms with E-state index in [2.05, 4.69) is 5.32 Å². The van der Waals surface area contributed by atoms with Crippen molar-refractivity contribution in [3.63, 3.8) is 0 Å². The van der Waals surface area contributed by atoms with E-state index < -0.39 is 10.0 Å². The molecule has 1 saturated heterocycles. The van der Waals surface area contributed by atoms with Gasteiger partial charge in [-0.2, -0.15) is 4.31 Å². The van der Waals surface area contributed by atoms with Gasteiger partial charge in [-0.1, -0.05) is 12.8 Å². The molecule has 1 aromatic carbocycles. The van der Waals surface area contributed by atoms with Gasteiger partial charge in [0.25, 0.3) is 0 Å². The van der Waals surface area contributed by atoms with Crippen molar-refractivity contribution in [3.05, 3.63) is 23.8 Å². The number of nitrogens with one attached hydrogen (secondary N) is 1. The van der Waals surface area contributed by atoms with Crippen LogP contribution in [0.5, 0.6) is 0 Å². The zero-order valence-electron chi connectivity index (χ0n) is 18.8. The van der Waals surface area contributed by atoms with Crippen molar-refractivity contribution in [3.8, 4) is 0 Å². The molecule has 5 rings (SSSR count). The fraction of sp³-hybridized carbons (Fsp3) is 0.667. The Bertz CT molecular complexity index is 1010. The number of piperidine rings is 1. The summed E-state index contributed by atoms with van der Waals surface area (Å²) in [6.07, 6.45) is 8.33. The molecule has 4 aliphatic rings. The summed E-state index contributed by atoms with van der Waals surface area (Å²) in [6, 6.07) is 5.45. The van der Waals surface area contributed by atoms with Gasteiger partial charge in [-0.25, -0.2) is 8.42 Å². The molecule has 0 radical (unpaired) electrons. The van der Waals surface area contributed by atoms with Gasteiger partial charge in [0.2, 0.25) is 21.8 Å². The molecular weight excluding hydrogens is 426 g/mol. The molecule has 1 N–H and O–H groups in total. The highest BCUT2D eigenvalue weighted by molar-refractivity contribution is 7.89. The molecule has 2 aliphatic carbocycles. The molecule has 1 aromatic rings. The topological polar surface area (TPSA) is 86.8 Å². The van der Waals surface area contributed by atoms with Gasteiger partial charge in [0.15, 0.2) is 0 Å². The highest BCUT2D eigenvalue weighted by Gasteiger charge is 2.40. The molecule has 2 heterocycles. The number of benzene rings is 1. The molecule has 174 valence electrons. The number of anilines is 1. The van der Waals surface area contributed by atoms with Crippen LogP contribution in [0.2, 0.25) is 0 Å². The first-order valence-corrected chi connectivity index (χ1v) is 13.5. The van der Waals surface area contributed by atoms with Gasteiger partial charge in [-0.05, 0) is 75.6 Å². The van der Waals surface area contributed by atoms with Crippen molar-refractivity contribution in [2.45, 2.75) is 81.7 Å². The van der Waals surface area contributed by atoms with Gasteiger partial charge in [0.05, 0.1) is 10.8 Å². The normalized spacial score (nSPS) is 26.8. The lowest BCUT2D eigenvalue weighted by atomic mass is 9.98. The second kappa shape index (κ2) is 8.45. The minimum Gasteiger partial charge on any atom is -0.353 e. The summed E-state index contributed by atoms with van der Waals surface area (Å²) in [7, 11) is -3.69. The highest BCUT2D eigenvalue weighted by Crippen LogP contribution is 2.40. The second-order valence-electron chi connectivity index (χ2n) is 10.0. The van der Waals surface area contributed by atoms with Crippen LogP contribution in [0.3, 0.4) is 0 Å². The number of amides is 2. The number of sulfonamides is 1. The molecule has 3 fully saturated rings. The Labute approximate surface area is 190 Å². The number of fused-ring (bicyclic) bond motifs is 1. The van der Waals surface area contributed by atoms with Gasteiger partial charge in [-0.3, -0.25) is 9.59 Å². The minimum absolute atomic E-state index is 0.00573. The number of nitrogens with zero attached hydrogens (tertiary/aromatic N) is 2. The van der Waals surface area contributed by atoms with Crippen LogP contribution in [0, 0.1) is 11.8 Å². The molecular formula is C24H33N3O4S. The van der Waals surface area contributed by atoms with E-state index >= 15 is 0 Å². The summed E-state index contributed by atoms with van der Waals surface area (Å²) in [5.41, 5.74) is 1.76. The van der Waals surface area contributed by atoms with Crippen molar-refractivity contribution in [1.82, 2.24) is 9.62 Å². The Morgan fingerprint density at radius 1 is 1.00 bits per heavy atom. The van der Waals surface area contributed by atoms with E-state index in [9.17, 15) is 18.0 Å². The lowest BCUT2D eigenvalue weighted by Crippen LogP contribution is -2.47. The molecule has 2 atom stereocenters. The van der Waals surface area contributed by atoms with Crippen molar-refractivity contribution in [2.75, 3.05) is 18.0 Å². The zero-order valence-corrected chi connectivity index (χ0v) is 19.6. The van der Waals surface area contributed by atoms with Crippen molar-refractivity contribution < 1.29 is 18.0 Å². The maximum atomic E-state index is 13.4. The maximum Gasteiger partial charge on any atom is 0.243 e. The smallest absolute Gasteiger partial charge is 0.243 e. The summed E-state index contributed by atoms with van der Waals surface area (Å²) in [6.45, 7) is 2.70. The van der Waals surface area contributed by atoms with Gasteiger partial charge in [0.1, 0.15) is 0 Å². The molecule has 8 heteroatoms. The van der Waals surface area contributed by atoms with Crippen LogP contribution >= 0.6 is 0 Å². The maximum absolute atomic E-state index is 13.4. The van der Waals surface area contributed by atoms with Crippen LogP contribution in [-0.2, 0) is 26.0 Å². The highest BCUT2D eigenvalue weighted by atomic mass is 32.2. The monoisotopic (exact) mass is 459 g/mol. The van der Waals surface area contributed by atoms with E-state index in [1.54, 1.807) is 18.2 Å². The molecule has 2 aliphatic heterocycles. The summed E-state index contributed by atoms with van der Waals surface area (Å²) < 4.78 is 28.3. The fourth-order valence-electron chi connectivity index (χ4n) is 5.54. The Morgan fingerprint density at radius 3 is 2.47 bits per heavy atom. The predicted molar refractivity (Wildman–Crippen MR) is 122 cm³/mol. The van der Waals surface area contributed by atoms with Crippen molar-refractivity contribution in [2.24, 2.45) is 11.8 Å². The van der Waals surface area contributed by atoms with Crippen LogP contribution in [0.1, 0.15) is 63.9 Å². The van der Waals surface area contributed by atoms with Crippen LogP contribution in [-0.4, -0.2) is 49.7 Å². The molecule has 0 bridgehead atoms. The fourth-order valence-corrected chi connectivity index (χ4v) is 7.12. The molecule has 7 nitrogen and oxygen atoms in total. The third kappa shape index (κ3) is 4.07. The quantitative estimate of drug-likeness (QED) is 0.734. The first kappa shape index (κ1) is 21.9. The lowest BCUT2D eigenvalue weighted by molar-refractivity contribution is -0.126. The molecule has 2 unspecified atom stereocenters. The number of carbonyl (C=O) groups excluding carboxylic acids is 2. The molecule has 2 amide bonds. The van der Waals surface area contributed by atoms with Crippen LogP contribution in [0.4, 0.5) is 5.69 Å². The summed E-state index contributed by atoms with van der Waals surface area (Å²) >= 11 is 0. The standard InChI is InChI=1S/C24H33N3O4S/c1-16-13-19-14-21(10-11-22(19)27(16)24(29)17-8-9-17)32(30,31)26-12-4-5-18(15-26)23(28)25-20-6-2-3-7-20/h10-11,14,16-18,20H,2-9,12-13,15H2,1H3,(H,25,28). The van der Waals surface area contributed by atoms with Crippen LogP contribution in [0.15, 0.2) is 23.1 Å². The average Bonchev–Trinajstić information content (AvgIpc) is 3.41. The number of hydrogen-bond donors (Lipinski definition) is 1. The number of carbonyl (C=O) groups is 2. The third-order valence-corrected chi connectivity index (χ3v) is 9.39. The lowest BCUT2D eigenvalue weighted by Gasteiger charge is -2.32. The Balaban J connectivity index is 1.31. The van der Waals surface area contributed by atoms with E-state index in [1.807, 2.05) is 11.8 Å². The van der Waals surface area contributed by atoms with E-state index in [0.29, 0.717) is 19.4 Å². The molecule has 32 heavy (non-hydrogen) atoms. The molecule has 0 aromatic heterocycles. The zero-order chi connectivity index (χ0) is 22.5. The second-order valence-corrected chi connectivity index (χ2v) is 12.0. The van der Waals surface area contributed by atoms with Gasteiger partial charge < -0.3 is 10.2 Å². The number of hydrogen-bond acceptors (Lipinski definition) is 4. The van der Waals surface area contributed by atoms with Crippen molar-refractivity contribution in [1.29, 1.82) is 0 Å². The predicted octanol–water partition coefficient (Wildman–Crippen LogP) is 2.83. The van der Waals surface area contributed by atoms with E-state index in [4.69, 9.17) is 0 Å². The first-order chi connectivity index (χ1) is 15.3. The van der Waals surface area contributed by atoms with E-state index in [0.717, 1.165) is 56.2 Å². The Morgan fingerprint density at radius 2 is 1.75 bits per heavy atom. The Hall–Kier alpha value is -1.93. The third-order valence-electron chi connectivity index (χ3n) is 7.52. The van der Waals surface area contributed by atoms with Gasteiger partial charge in [-0.15, -0.1) is 0 Å². The van der Waals surface area contributed by atoms with Gasteiger partial charge >= 0.3 is 0 Å². The average molecular weight is 460 g/mol. The minimum atomic E-state index is -3.69. The molecule has 0 spiro atoms. The van der Waals surface area contributed by atoms with E-state index in [1.165, 1.54) is 4.31 Å². The molecule has 2 saturated carbocycles. The van der Waals surface area contributed by atoms with E-state index in [-0.39, 0.29) is 47.2 Å². The van der Waals surface area contributed by atoms with Crippen LogP contribution in [0.25, 0.3) is 0 Å². The largest absolute Gasteiger partial charge is 0.353 e. The number of rotatable bonds is 5. The summed E-state index contributed by atoms with van der Waals surface area (Å²) in [4.78, 5) is 27.6. The van der Waals surface area contributed by atoms with Crippen molar-refractivity contribution >= 4 is 27.5 Å². The SMILES string of the molecule is CC1Cc2cc(S(=O)(=O)N3CCCC(C(=O)NC4CCCC4)C3)ccc2N1C(=O)C1CC1. The summed E-state index contributed by atoms with van der Waals surface area (Å²) in [5, 5.41) is 3.13. The first-order valence-electron chi connectivity index (χ1n) is 12.1.